The predicted octanol–water partition coefficient (Wildman–Crippen LogP) is 3.89. The van der Waals surface area contributed by atoms with Crippen LogP contribution >= 0.6 is 11.3 Å². The fourth-order valence-electron chi connectivity index (χ4n) is 2.97. The molecule has 1 aliphatic carbocycles. The van der Waals surface area contributed by atoms with Crippen molar-refractivity contribution in [3.63, 3.8) is 0 Å². The van der Waals surface area contributed by atoms with Gasteiger partial charge in [-0.15, -0.1) is 11.3 Å². The summed E-state index contributed by atoms with van der Waals surface area (Å²) in [6, 6.07) is 10.8. The first kappa shape index (κ1) is 11.7. The Morgan fingerprint density at radius 3 is 2.39 bits per heavy atom. The molecule has 1 aromatic carbocycles. The van der Waals surface area contributed by atoms with E-state index in [0.29, 0.717) is 5.82 Å². The number of hydrogen-bond donors (Lipinski definition) is 1. The molecule has 1 aliphatic rings. The molecule has 1 fully saturated rings. The smallest absolute Gasteiger partial charge is 0.137 e. The van der Waals surface area contributed by atoms with E-state index in [1.165, 1.54) is 36.3 Å². The monoisotopic (exact) mass is 258 g/mol. The third kappa shape index (κ3) is 1.74. The van der Waals surface area contributed by atoms with Crippen LogP contribution in [0.5, 0.6) is 0 Å². The van der Waals surface area contributed by atoms with Crippen molar-refractivity contribution in [1.82, 2.24) is 4.98 Å². The second-order valence-electron chi connectivity index (χ2n) is 5.12. The number of nitrogens with two attached hydrogens (primary N) is 1. The maximum atomic E-state index is 5.94. The minimum absolute atomic E-state index is 0.119. The van der Waals surface area contributed by atoms with Crippen molar-refractivity contribution in [3.8, 4) is 0 Å². The van der Waals surface area contributed by atoms with Gasteiger partial charge in [0.1, 0.15) is 10.8 Å². The second-order valence-corrected chi connectivity index (χ2v) is 6.32. The first-order chi connectivity index (χ1) is 8.72. The lowest BCUT2D eigenvalue weighted by Gasteiger charge is -2.27. The Kier molecular flexibility index (Phi) is 2.86. The van der Waals surface area contributed by atoms with Crippen LogP contribution in [-0.4, -0.2) is 4.98 Å². The van der Waals surface area contributed by atoms with Crippen LogP contribution in [0.3, 0.4) is 0 Å². The Balaban J connectivity index is 2.12. The molecule has 0 radical (unpaired) electrons. The van der Waals surface area contributed by atoms with E-state index in [-0.39, 0.29) is 5.41 Å². The van der Waals surface area contributed by atoms with Gasteiger partial charge < -0.3 is 5.73 Å². The SMILES string of the molecule is Cc1sc(C2(c3ccccc3)CCCC2)nc1N. The Morgan fingerprint density at radius 1 is 1.17 bits per heavy atom. The minimum atomic E-state index is 0.119. The Hall–Kier alpha value is -1.35. The average Bonchev–Trinajstić information content (AvgIpc) is 3.00. The molecule has 0 unspecified atom stereocenters. The summed E-state index contributed by atoms with van der Waals surface area (Å²) in [4.78, 5) is 5.78. The van der Waals surface area contributed by atoms with Crippen LogP contribution in [0.15, 0.2) is 30.3 Å². The van der Waals surface area contributed by atoms with Gasteiger partial charge >= 0.3 is 0 Å². The van der Waals surface area contributed by atoms with Gasteiger partial charge in [0.25, 0.3) is 0 Å². The highest BCUT2D eigenvalue weighted by Crippen LogP contribution is 2.48. The number of nitrogens with zero attached hydrogens (tertiary/aromatic N) is 1. The zero-order valence-electron chi connectivity index (χ0n) is 10.6. The van der Waals surface area contributed by atoms with Crippen molar-refractivity contribution in [2.24, 2.45) is 0 Å². The van der Waals surface area contributed by atoms with E-state index in [2.05, 4.69) is 42.2 Å². The molecular weight excluding hydrogens is 240 g/mol. The molecule has 0 bridgehead atoms. The number of thiazole rings is 1. The van der Waals surface area contributed by atoms with Gasteiger partial charge in [0.2, 0.25) is 0 Å². The number of hydrogen-bond acceptors (Lipinski definition) is 3. The third-order valence-corrected chi connectivity index (χ3v) is 5.22. The molecule has 3 heteroatoms. The van der Waals surface area contributed by atoms with Gasteiger partial charge in [-0.05, 0) is 25.3 Å². The minimum Gasteiger partial charge on any atom is -0.383 e. The molecule has 1 heterocycles. The van der Waals surface area contributed by atoms with Crippen LogP contribution in [0.1, 0.15) is 41.1 Å². The number of aryl methyl sites for hydroxylation is 1. The topological polar surface area (TPSA) is 38.9 Å². The highest BCUT2D eigenvalue weighted by Gasteiger charge is 2.40. The van der Waals surface area contributed by atoms with E-state index in [0.717, 1.165) is 4.88 Å². The zero-order valence-corrected chi connectivity index (χ0v) is 11.5. The van der Waals surface area contributed by atoms with E-state index in [1.54, 1.807) is 11.3 Å². The quantitative estimate of drug-likeness (QED) is 0.887. The van der Waals surface area contributed by atoms with E-state index in [4.69, 9.17) is 5.73 Å². The van der Waals surface area contributed by atoms with Crippen LogP contribution < -0.4 is 5.73 Å². The van der Waals surface area contributed by atoms with Gasteiger partial charge in [0.05, 0.1) is 0 Å². The van der Waals surface area contributed by atoms with Crippen LogP contribution in [-0.2, 0) is 5.41 Å². The molecule has 2 nitrogen and oxygen atoms in total. The van der Waals surface area contributed by atoms with Crippen molar-refractivity contribution in [2.45, 2.75) is 38.0 Å². The zero-order chi connectivity index (χ0) is 12.6. The van der Waals surface area contributed by atoms with E-state index in [9.17, 15) is 0 Å². The number of nitrogen functional groups attached to an aromatic ring is 1. The van der Waals surface area contributed by atoms with Gasteiger partial charge in [-0.2, -0.15) is 0 Å². The molecule has 0 atom stereocenters. The molecule has 18 heavy (non-hydrogen) atoms. The highest BCUT2D eigenvalue weighted by atomic mass is 32.1. The maximum absolute atomic E-state index is 5.94. The number of benzene rings is 1. The Morgan fingerprint density at radius 2 is 1.83 bits per heavy atom. The molecule has 2 N–H and O–H groups in total. The van der Waals surface area contributed by atoms with Crippen LogP contribution in [0.4, 0.5) is 5.82 Å². The number of rotatable bonds is 2. The van der Waals surface area contributed by atoms with Crippen LogP contribution in [0.25, 0.3) is 0 Å². The van der Waals surface area contributed by atoms with Gasteiger partial charge in [0.15, 0.2) is 0 Å². The highest BCUT2D eigenvalue weighted by molar-refractivity contribution is 7.12. The lowest BCUT2D eigenvalue weighted by Crippen LogP contribution is -2.23. The predicted molar refractivity (Wildman–Crippen MR) is 77.0 cm³/mol. The Bertz CT molecular complexity index is 519. The molecule has 94 valence electrons. The molecular formula is C15H18N2S. The maximum Gasteiger partial charge on any atom is 0.137 e. The van der Waals surface area contributed by atoms with E-state index in [1.807, 2.05) is 0 Å². The summed E-state index contributed by atoms with van der Waals surface area (Å²) in [6.07, 6.45) is 4.97. The van der Waals surface area contributed by atoms with Crippen molar-refractivity contribution in [3.05, 3.63) is 45.8 Å². The van der Waals surface area contributed by atoms with Crippen molar-refractivity contribution < 1.29 is 0 Å². The first-order valence-electron chi connectivity index (χ1n) is 6.51. The molecule has 0 spiro atoms. The van der Waals surface area contributed by atoms with Crippen molar-refractivity contribution in [1.29, 1.82) is 0 Å². The van der Waals surface area contributed by atoms with Crippen LogP contribution in [0.2, 0.25) is 0 Å². The lowest BCUT2D eigenvalue weighted by atomic mass is 9.79. The number of anilines is 1. The normalized spacial score (nSPS) is 18.1. The summed E-state index contributed by atoms with van der Waals surface area (Å²) in [7, 11) is 0. The molecule has 1 saturated carbocycles. The largest absolute Gasteiger partial charge is 0.383 e. The summed E-state index contributed by atoms with van der Waals surface area (Å²) in [5.41, 5.74) is 7.46. The van der Waals surface area contributed by atoms with Gasteiger partial charge in [0, 0.05) is 10.3 Å². The lowest BCUT2D eigenvalue weighted by molar-refractivity contribution is 0.532. The standard InChI is InChI=1S/C15H18N2S/c1-11-13(16)17-14(18-11)15(9-5-6-10-15)12-7-3-2-4-8-12/h2-4,7-8H,5-6,9-10,16H2,1H3. The molecule has 3 rings (SSSR count). The third-order valence-electron chi connectivity index (χ3n) is 4.03. The van der Waals surface area contributed by atoms with E-state index >= 15 is 0 Å². The molecule has 1 aromatic heterocycles. The Labute approximate surface area is 112 Å². The molecule has 0 amide bonds. The second kappa shape index (κ2) is 4.39. The van der Waals surface area contributed by atoms with Crippen molar-refractivity contribution >= 4 is 17.2 Å². The summed E-state index contributed by atoms with van der Waals surface area (Å²) in [6.45, 7) is 2.06. The fraction of sp³-hybridized carbons (Fsp3) is 0.400. The fourth-order valence-corrected chi connectivity index (χ4v) is 4.08. The molecule has 0 aliphatic heterocycles. The molecule has 2 aromatic rings. The summed E-state index contributed by atoms with van der Waals surface area (Å²) >= 11 is 1.77. The number of aromatic nitrogens is 1. The molecule has 0 saturated heterocycles. The average molecular weight is 258 g/mol. The summed E-state index contributed by atoms with van der Waals surface area (Å²) < 4.78 is 0. The van der Waals surface area contributed by atoms with E-state index < -0.39 is 0 Å². The van der Waals surface area contributed by atoms with Crippen molar-refractivity contribution in [2.75, 3.05) is 5.73 Å². The summed E-state index contributed by atoms with van der Waals surface area (Å²) in [5.74, 6) is 0.706. The first-order valence-corrected chi connectivity index (χ1v) is 7.33. The summed E-state index contributed by atoms with van der Waals surface area (Å²) in [5, 5.41) is 1.21. The van der Waals surface area contributed by atoms with Gasteiger partial charge in [-0.25, -0.2) is 4.98 Å². The van der Waals surface area contributed by atoms with Crippen LogP contribution in [0, 0.1) is 6.92 Å². The van der Waals surface area contributed by atoms with Gasteiger partial charge in [-0.3, -0.25) is 0 Å². The van der Waals surface area contributed by atoms with Gasteiger partial charge in [-0.1, -0.05) is 43.2 Å².